The first-order valence-electron chi connectivity index (χ1n) is 8.33. The molecule has 1 atom stereocenters. The van der Waals surface area contributed by atoms with E-state index in [1.165, 1.54) is 23.7 Å². The molecule has 1 fully saturated rings. The van der Waals surface area contributed by atoms with Crippen molar-refractivity contribution in [1.29, 1.82) is 0 Å². The quantitative estimate of drug-likeness (QED) is 0.351. The number of guanidine groups is 1. The van der Waals surface area contributed by atoms with Gasteiger partial charge in [0.15, 0.2) is 5.96 Å². The lowest BCUT2D eigenvalue weighted by Crippen LogP contribution is -2.43. The Balaban J connectivity index is 0.00000192. The molecule has 2 aromatic rings. The molecule has 1 saturated heterocycles. The molecule has 2 N–H and O–H groups in total. The highest BCUT2D eigenvalue weighted by Gasteiger charge is 2.17. The van der Waals surface area contributed by atoms with E-state index >= 15 is 0 Å². The summed E-state index contributed by atoms with van der Waals surface area (Å²) >= 11 is 0. The summed E-state index contributed by atoms with van der Waals surface area (Å²) in [5, 5.41) is 1.30. The molecular weight excluding hydrogens is 399 g/mol. The van der Waals surface area contributed by atoms with Crippen molar-refractivity contribution in [3.63, 3.8) is 0 Å². The van der Waals surface area contributed by atoms with Gasteiger partial charge in [0.05, 0.1) is 0 Å². The fraction of sp³-hybridized carbons (Fsp3) is 0.500. The molecule has 0 saturated carbocycles. The lowest BCUT2D eigenvalue weighted by Gasteiger charge is -2.31. The third-order valence-electron chi connectivity index (χ3n) is 4.49. The number of nitrogens with zero attached hydrogens (tertiary/aromatic N) is 3. The molecule has 1 aromatic carbocycles. The highest BCUT2D eigenvalue weighted by Crippen LogP contribution is 2.16. The normalized spacial score (nSPS) is 18.9. The highest BCUT2D eigenvalue weighted by molar-refractivity contribution is 14.0. The van der Waals surface area contributed by atoms with Crippen LogP contribution in [0.2, 0.25) is 0 Å². The van der Waals surface area contributed by atoms with Gasteiger partial charge in [-0.2, -0.15) is 0 Å². The minimum absolute atomic E-state index is 0. The van der Waals surface area contributed by atoms with E-state index in [-0.39, 0.29) is 24.0 Å². The number of benzene rings is 1. The zero-order chi connectivity index (χ0) is 15.4. The number of hydrogen-bond donors (Lipinski definition) is 1. The maximum atomic E-state index is 6.13. The Kier molecular flexibility index (Phi) is 6.74. The van der Waals surface area contributed by atoms with E-state index in [0.29, 0.717) is 0 Å². The van der Waals surface area contributed by atoms with E-state index in [0.717, 1.165) is 44.5 Å². The molecule has 0 aliphatic carbocycles. The monoisotopic (exact) mass is 426 g/mol. The molecule has 23 heavy (non-hydrogen) atoms. The van der Waals surface area contributed by atoms with Crippen LogP contribution in [0, 0.1) is 5.92 Å². The van der Waals surface area contributed by atoms with Gasteiger partial charge in [0.25, 0.3) is 0 Å². The number of likely N-dealkylation sites (tertiary alicyclic amines) is 1. The molecule has 0 radical (unpaired) electrons. The molecule has 1 unspecified atom stereocenters. The second kappa shape index (κ2) is 8.57. The number of para-hydroxylation sites is 1. The molecule has 2 heterocycles. The van der Waals surface area contributed by atoms with Gasteiger partial charge in [-0.1, -0.05) is 25.1 Å². The number of piperidine rings is 1. The zero-order valence-electron chi connectivity index (χ0n) is 13.8. The van der Waals surface area contributed by atoms with Crippen molar-refractivity contribution in [2.24, 2.45) is 16.6 Å². The second-order valence-corrected chi connectivity index (χ2v) is 6.35. The Bertz CT molecular complexity index is 649. The number of nitrogens with two attached hydrogens (primary N) is 1. The molecule has 0 spiro atoms. The van der Waals surface area contributed by atoms with Crippen LogP contribution in [0.5, 0.6) is 0 Å². The first kappa shape index (κ1) is 18.1. The van der Waals surface area contributed by atoms with Crippen LogP contribution in [0.15, 0.2) is 41.5 Å². The summed E-state index contributed by atoms with van der Waals surface area (Å²) in [6.07, 6.45) is 5.71. The molecule has 0 bridgehead atoms. The van der Waals surface area contributed by atoms with Gasteiger partial charge in [0.1, 0.15) is 0 Å². The summed E-state index contributed by atoms with van der Waals surface area (Å²) in [7, 11) is 0. The van der Waals surface area contributed by atoms with Crippen LogP contribution >= 0.6 is 24.0 Å². The zero-order valence-corrected chi connectivity index (χ0v) is 16.1. The minimum Gasteiger partial charge on any atom is -0.370 e. The number of rotatable bonds is 4. The summed E-state index contributed by atoms with van der Waals surface area (Å²) in [5.74, 6) is 1.46. The maximum absolute atomic E-state index is 6.13. The van der Waals surface area contributed by atoms with Gasteiger partial charge in [-0.05, 0) is 42.7 Å². The molecule has 5 heteroatoms. The van der Waals surface area contributed by atoms with E-state index in [1.54, 1.807) is 0 Å². The molecule has 4 nitrogen and oxygen atoms in total. The van der Waals surface area contributed by atoms with E-state index in [1.807, 2.05) is 0 Å². The standard InChI is InChI=1S/C18H26N4.HI/c1-15-6-4-11-22(14-15)18(19)20-10-5-12-21-13-9-16-7-2-3-8-17(16)21;/h2-3,7-9,13,15H,4-6,10-12,14H2,1H3,(H2,19,20);1H. The van der Waals surface area contributed by atoms with Crippen LogP contribution in [0.4, 0.5) is 0 Å². The van der Waals surface area contributed by atoms with Gasteiger partial charge >= 0.3 is 0 Å². The van der Waals surface area contributed by atoms with E-state index < -0.39 is 0 Å². The average Bonchev–Trinajstić information content (AvgIpc) is 2.95. The number of aryl methyl sites for hydroxylation is 1. The van der Waals surface area contributed by atoms with Crippen molar-refractivity contribution >= 4 is 40.8 Å². The smallest absolute Gasteiger partial charge is 0.191 e. The van der Waals surface area contributed by atoms with Gasteiger partial charge in [-0.3, -0.25) is 4.99 Å². The molecule has 1 aliphatic heterocycles. The van der Waals surface area contributed by atoms with Gasteiger partial charge in [0.2, 0.25) is 0 Å². The summed E-state index contributed by atoms with van der Waals surface area (Å²) < 4.78 is 2.30. The lowest BCUT2D eigenvalue weighted by atomic mass is 10.0. The van der Waals surface area contributed by atoms with Gasteiger partial charge in [0, 0.05) is 37.9 Å². The number of hydrogen-bond acceptors (Lipinski definition) is 1. The van der Waals surface area contributed by atoms with E-state index in [9.17, 15) is 0 Å². The van der Waals surface area contributed by atoms with Crippen LogP contribution in [0.1, 0.15) is 26.2 Å². The van der Waals surface area contributed by atoms with Crippen LogP contribution in [-0.2, 0) is 6.54 Å². The summed E-state index contributed by atoms with van der Waals surface area (Å²) in [4.78, 5) is 6.80. The van der Waals surface area contributed by atoms with Crippen LogP contribution in [0.25, 0.3) is 10.9 Å². The Labute approximate surface area is 155 Å². The number of fused-ring (bicyclic) bond motifs is 1. The van der Waals surface area contributed by atoms with Gasteiger partial charge in [-0.15, -0.1) is 24.0 Å². The third kappa shape index (κ3) is 4.62. The Morgan fingerprint density at radius 2 is 2.13 bits per heavy atom. The van der Waals surface area contributed by atoms with E-state index in [4.69, 9.17) is 5.73 Å². The Morgan fingerprint density at radius 1 is 1.30 bits per heavy atom. The summed E-state index contributed by atoms with van der Waals surface area (Å²) in [6, 6.07) is 10.7. The van der Waals surface area contributed by atoms with Crippen molar-refractivity contribution in [3.8, 4) is 0 Å². The number of aliphatic imine (C=N–C) groups is 1. The fourth-order valence-corrected chi connectivity index (χ4v) is 3.27. The predicted molar refractivity (Wildman–Crippen MR) is 108 cm³/mol. The first-order chi connectivity index (χ1) is 10.7. The minimum atomic E-state index is 0. The predicted octanol–water partition coefficient (Wildman–Crippen LogP) is 3.70. The van der Waals surface area contributed by atoms with Crippen LogP contribution in [0.3, 0.4) is 0 Å². The molecule has 1 aromatic heterocycles. The maximum Gasteiger partial charge on any atom is 0.191 e. The molecule has 1 aliphatic rings. The molecule has 3 rings (SSSR count). The molecule has 126 valence electrons. The van der Waals surface area contributed by atoms with Crippen molar-refractivity contribution in [2.45, 2.75) is 32.7 Å². The lowest BCUT2D eigenvalue weighted by molar-refractivity contribution is 0.270. The second-order valence-electron chi connectivity index (χ2n) is 6.35. The third-order valence-corrected chi connectivity index (χ3v) is 4.49. The molecule has 0 amide bonds. The number of halogens is 1. The van der Waals surface area contributed by atoms with Gasteiger partial charge in [-0.25, -0.2) is 0 Å². The average molecular weight is 426 g/mol. The topological polar surface area (TPSA) is 46.5 Å². The van der Waals surface area contributed by atoms with Crippen molar-refractivity contribution in [2.75, 3.05) is 19.6 Å². The van der Waals surface area contributed by atoms with E-state index in [2.05, 4.69) is 57.9 Å². The first-order valence-corrected chi connectivity index (χ1v) is 8.33. The molecular formula is C18H27IN4. The summed E-state index contributed by atoms with van der Waals surface area (Å²) in [6.45, 7) is 6.18. The van der Waals surface area contributed by atoms with Crippen LogP contribution in [-0.4, -0.2) is 35.1 Å². The highest BCUT2D eigenvalue weighted by atomic mass is 127. The van der Waals surface area contributed by atoms with Crippen molar-refractivity contribution < 1.29 is 0 Å². The van der Waals surface area contributed by atoms with Crippen LogP contribution < -0.4 is 5.73 Å². The Hall–Kier alpha value is -1.24. The van der Waals surface area contributed by atoms with Crippen molar-refractivity contribution in [3.05, 3.63) is 36.5 Å². The number of aromatic nitrogens is 1. The summed E-state index contributed by atoms with van der Waals surface area (Å²) in [5.41, 5.74) is 7.43. The fourth-order valence-electron chi connectivity index (χ4n) is 3.27. The SMILES string of the molecule is CC1CCCN(C(N)=NCCCn2ccc3ccccc32)C1.I. The largest absolute Gasteiger partial charge is 0.370 e. The van der Waals surface area contributed by atoms with Gasteiger partial charge < -0.3 is 15.2 Å². The van der Waals surface area contributed by atoms with Crippen molar-refractivity contribution in [1.82, 2.24) is 9.47 Å². The Morgan fingerprint density at radius 3 is 2.96 bits per heavy atom.